The van der Waals surface area contributed by atoms with Crippen LogP contribution in [0.15, 0.2) is 4.99 Å². The molecular formula is C18H30N6O3. The minimum atomic E-state index is -0.584. The Kier molecular flexibility index (Phi) is 6.18. The summed E-state index contributed by atoms with van der Waals surface area (Å²) in [6.45, 7) is 3.36. The van der Waals surface area contributed by atoms with Gasteiger partial charge in [-0.2, -0.15) is 0 Å². The molecule has 3 fully saturated rings. The van der Waals surface area contributed by atoms with Gasteiger partial charge in [0.25, 0.3) is 0 Å². The third kappa shape index (κ3) is 5.33. The smallest absolute Gasteiger partial charge is 0.245 e. The highest BCUT2D eigenvalue weighted by Crippen LogP contribution is 2.23. The van der Waals surface area contributed by atoms with Crippen molar-refractivity contribution in [2.75, 3.05) is 13.1 Å². The van der Waals surface area contributed by atoms with E-state index in [9.17, 15) is 14.4 Å². The summed E-state index contributed by atoms with van der Waals surface area (Å²) in [5.74, 6) is -0.0308. The van der Waals surface area contributed by atoms with Gasteiger partial charge in [0.2, 0.25) is 17.7 Å². The third-order valence-corrected chi connectivity index (χ3v) is 5.34. The number of rotatable bonds is 8. The van der Waals surface area contributed by atoms with Crippen LogP contribution >= 0.6 is 0 Å². The Bertz CT molecular complexity index is 610. The van der Waals surface area contributed by atoms with Crippen molar-refractivity contribution in [1.29, 1.82) is 0 Å². The first-order chi connectivity index (χ1) is 12.9. The SMILES string of the molecule is C[C@@H]1CCCN1C(=O)[C@H](CCCN/C(N)=N/C1CC1)NC(=O)[C@@H]1CC(=O)N1. The average molecular weight is 378 g/mol. The van der Waals surface area contributed by atoms with Crippen LogP contribution in [0.5, 0.6) is 0 Å². The van der Waals surface area contributed by atoms with E-state index in [-0.39, 0.29) is 30.2 Å². The fraction of sp³-hybridized carbons (Fsp3) is 0.778. The standard InChI is InChI=1S/C18H30N6O3/c1-11-4-3-9-24(11)17(27)13(23-16(26)14-10-15(25)22-14)5-2-8-20-18(19)21-12-6-7-12/h11-14H,2-10H2,1H3,(H,22,25)(H,23,26)(H3,19,20,21)/t11-,13+,14+/m1/s1. The Morgan fingerprint density at radius 2 is 2.11 bits per heavy atom. The lowest BCUT2D eigenvalue weighted by Gasteiger charge is -2.31. The van der Waals surface area contributed by atoms with E-state index in [2.05, 4.69) is 20.9 Å². The first kappa shape index (κ1) is 19.4. The number of carbonyl (C=O) groups excluding carboxylic acids is 3. The Morgan fingerprint density at radius 3 is 2.70 bits per heavy atom. The molecule has 0 aromatic heterocycles. The zero-order valence-electron chi connectivity index (χ0n) is 15.9. The van der Waals surface area contributed by atoms with Crippen LogP contribution in [0.2, 0.25) is 0 Å². The number of guanidine groups is 1. The topological polar surface area (TPSA) is 129 Å². The lowest BCUT2D eigenvalue weighted by molar-refractivity contribution is -0.141. The number of carbonyl (C=O) groups is 3. The van der Waals surface area contributed by atoms with E-state index >= 15 is 0 Å². The molecule has 0 unspecified atom stereocenters. The molecule has 2 heterocycles. The van der Waals surface area contributed by atoms with Gasteiger partial charge in [0.1, 0.15) is 12.1 Å². The highest BCUT2D eigenvalue weighted by molar-refractivity contribution is 5.99. The summed E-state index contributed by atoms with van der Waals surface area (Å²) in [6, 6.07) is -0.553. The van der Waals surface area contributed by atoms with Gasteiger partial charge < -0.3 is 26.6 Å². The molecule has 150 valence electrons. The molecule has 0 aromatic carbocycles. The number of likely N-dealkylation sites (tertiary alicyclic amines) is 1. The summed E-state index contributed by atoms with van der Waals surface area (Å²) < 4.78 is 0. The van der Waals surface area contributed by atoms with E-state index in [1.54, 1.807) is 0 Å². The molecule has 3 rings (SSSR count). The molecule has 0 bridgehead atoms. The minimum absolute atomic E-state index is 0.0429. The second kappa shape index (κ2) is 8.58. The van der Waals surface area contributed by atoms with Crippen molar-refractivity contribution in [3.05, 3.63) is 0 Å². The molecule has 0 spiro atoms. The van der Waals surface area contributed by atoms with Crippen molar-refractivity contribution < 1.29 is 14.4 Å². The highest BCUT2D eigenvalue weighted by atomic mass is 16.2. The number of hydrogen-bond donors (Lipinski definition) is 4. The molecule has 0 aromatic rings. The van der Waals surface area contributed by atoms with Crippen LogP contribution in [-0.4, -0.2) is 65.8 Å². The largest absolute Gasteiger partial charge is 0.370 e. The highest BCUT2D eigenvalue weighted by Gasteiger charge is 2.36. The van der Waals surface area contributed by atoms with E-state index in [0.717, 1.165) is 32.2 Å². The number of nitrogens with zero attached hydrogens (tertiary/aromatic N) is 2. The Labute approximate surface area is 159 Å². The van der Waals surface area contributed by atoms with Crippen LogP contribution in [0, 0.1) is 0 Å². The molecule has 3 amide bonds. The van der Waals surface area contributed by atoms with E-state index in [1.807, 2.05) is 11.8 Å². The van der Waals surface area contributed by atoms with Gasteiger partial charge in [-0.1, -0.05) is 0 Å². The van der Waals surface area contributed by atoms with Gasteiger partial charge in [-0.15, -0.1) is 0 Å². The fourth-order valence-corrected chi connectivity index (χ4v) is 3.48. The van der Waals surface area contributed by atoms with Crippen molar-refractivity contribution >= 4 is 23.7 Å². The van der Waals surface area contributed by atoms with Crippen LogP contribution in [0.3, 0.4) is 0 Å². The average Bonchev–Trinajstić information content (AvgIpc) is 3.31. The molecule has 9 nitrogen and oxygen atoms in total. The van der Waals surface area contributed by atoms with Gasteiger partial charge in [0.05, 0.1) is 12.5 Å². The lowest BCUT2D eigenvalue weighted by atomic mass is 10.0. The zero-order valence-corrected chi connectivity index (χ0v) is 15.9. The number of hydrogen-bond acceptors (Lipinski definition) is 4. The van der Waals surface area contributed by atoms with Crippen LogP contribution in [-0.2, 0) is 14.4 Å². The van der Waals surface area contributed by atoms with Gasteiger partial charge in [-0.25, -0.2) is 0 Å². The van der Waals surface area contributed by atoms with Crippen LogP contribution in [0.4, 0.5) is 0 Å². The third-order valence-electron chi connectivity index (χ3n) is 5.34. The molecule has 9 heteroatoms. The second-order valence-electron chi connectivity index (χ2n) is 7.72. The van der Waals surface area contributed by atoms with E-state index in [1.165, 1.54) is 0 Å². The number of β-lactam (4-membered cyclic amide) rings is 1. The summed E-state index contributed by atoms with van der Waals surface area (Å²) >= 11 is 0. The van der Waals surface area contributed by atoms with Gasteiger partial charge in [0.15, 0.2) is 5.96 Å². The second-order valence-corrected chi connectivity index (χ2v) is 7.72. The van der Waals surface area contributed by atoms with Crippen molar-refractivity contribution in [2.45, 2.75) is 76.0 Å². The summed E-state index contributed by atoms with van der Waals surface area (Å²) in [7, 11) is 0. The first-order valence-corrected chi connectivity index (χ1v) is 9.91. The maximum Gasteiger partial charge on any atom is 0.245 e. The number of nitrogens with one attached hydrogen (secondary N) is 3. The molecule has 2 aliphatic heterocycles. The molecule has 5 N–H and O–H groups in total. The van der Waals surface area contributed by atoms with Crippen molar-refractivity contribution in [2.24, 2.45) is 10.7 Å². The van der Waals surface area contributed by atoms with Gasteiger partial charge in [-0.3, -0.25) is 19.4 Å². The van der Waals surface area contributed by atoms with E-state index < -0.39 is 12.1 Å². The molecule has 1 saturated carbocycles. The number of aliphatic imine (C=N–C) groups is 1. The molecule has 1 aliphatic carbocycles. The predicted molar refractivity (Wildman–Crippen MR) is 101 cm³/mol. The summed E-state index contributed by atoms with van der Waals surface area (Å²) in [6.07, 6.45) is 5.54. The number of nitrogens with two attached hydrogens (primary N) is 1. The Hall–Kier alpha value is -2.32. The van der Waals surface area contributed by atoms with Crippen molar-refractivity contribution in [3.8, 4) is 0 Å². The Morgan fingerprint density at radius 1 is 1.37 bits per heavy atom. The lowest BCUT2D eigenvalue weighted by Crippen LogP contribution is -2.60. The van der Waals surface area contributed by atoms with E-state index in [0.29, 0.717) is 31.4 Å². The van der Waals surface area contributed by atoms with Gasteiger partial charge in [0, 0.05) is 19.1 Å². The molecule has 0 radical (unpaired) electrons. The fourth-order valence-electron chi connectivity index (χ4n) is 3.48. The monoisotopic (exact) mass is 378 g/mol. The molecular weight excluding hydrogens is 348 g/mol. The zero-order chi connectivity index (χ0) is 19.4. The predicted octanol–water partition coefficient (Wildman–Crippen LogP) is -0.782. The molecule has 3 atom stereocenters. The molecule has 27 heavy (non-hydrogen) atoms. The number of amides is 3. The summed E-state index contributed by atoms with van der Waals surface area (Å²) in [5.41, 5.74) is 5.82. The molecule has 2 saturated heterocycles. The normalized spacial score (nSPS) is 26.2. The minimum Gasteiger partial charge on any atom is -0.370 e. The maximum atomic E-state index is 12.9. The first-order valence-electron chi connectivity index (χ1n) is 9.91. The maximum absolute atomic E-state index is 12.9. The van der Waals surface area contributed by atoms with Gasteiger partial charge >= 0.3 is 0 Å². The van der Waals surface area contributed by atoms with Crippen molar-refractivity contribution in [3.63, 3.8) is 0 Å². The van der Waals surface area contributed by atoms with Crippen molar-refractivity contribution in [1.82, 2.24) is 20.9 Å². The molecule has 3 aliphatic rings. The van der Waals surface area contributed by atoms with Crippen LogP contribution < -0.4 is 21.7 Å². The van der Waals surface area contributed by atoms with Crippen LogP contribution in [0.25, 0.3) is 0 Å². The van der Waals surface area contributed by atoms with Gasteiger partial charge in [-0.05, 0) is 45.4 Å². The summed E-state index contributed by atoms with van der Waals surface area (Å²) in [5, 5.41) is 8.45. The van der Waals surface area contributed by atoms with Crippen LogP contribution in [0.1, 0.15) is 51.9 Å². The Balaban J connectivity index is 1.50. The summed E-state index contributed by atoms with van der Waals surface area (Å²) in [4.78, 5) is 42.4. The quantitative estimate of drug-likeness (QED) is 0.191. The van der Waals surface area contributed by atoms with E-state index in [4.69, 9.17) is 5.73 Å².